The molecule has 4 heterocycles. The van der Waals surface area contributed by atoms with Crippen molar-refractivity contribution in [1.82, 2.24) is 29.9 Å². The number of carbonyl (C=O) groups excluding carboxylic acids is 1. The molecule has 1 saturated carbocycles. The van der Waals surface area contributed by atoms with Crippen LogP contribution in [-0.4, -0.2) is 42.6 Å². The fraction of sp³-hybridized carbons (Fsp3) is 0.333. The van der Waals surface area contributed by atoms with Crippen molar-refractivity contribution in [2.45, 2.75) is 43.9 Å². The normalized spacial score (nSPS) is 19.3. The molecule has 0 radical (unpaired) electrons. The molecule has 32 heavy (non-hydrogen) atoms. The Morgan fingerprint density at radius 2 is 1.91 bits per heavy atom. The fourth-order valence-corrected chi connectivity index (χ4v) is 4.15. The van der Waals surface area contributed by atoms with Crippen LogP contribution in [0.5, 0.6) is 0 Å². The van der Waals surface area contributed by atoms with Gasteiger partial charge >= 0.3 is 6.18 Å². The number of nitrogens with one attached hydrogen (secondary N) is 3. The number of anilines is 1. The molecule has 1 aliphatic rings. The van der Waals surface area contributed by atoms with Gasteiger partial charge in [-0.1, -0.05) is 6.07 Å². The molecule has 5 rings (SSSR count). The highest BCUT2D eigenvalue weighted by atomic mass is 19.4. The molecule has 1 fully saturated rings. The third-order valence-electron chi connectivity index (χ3n) is 5.77. The average molecular weight is 443 g/mol. The largest absolute Gasteiger partial charge is 0.434 e. The first-order valence-electron chi connectivity index (χ1n) is 10.3. The van der Waals surface area contributed by atoms with Crippen LogP contribution in [0.25, 0.3) is 16.7 Å². The Labute approximate surface area is 180 Å². The molecule has 166 valence electrons. The molecule has 0 saturated heterocycles. The molecule has 1 amide bonds. The zero-order valence-electron chi connectivity index (χ0n) is 16.9. The minimum Gasteiger partial charge on any atom is -0.368 e. The molecule has 11 heteroatoms. The smallest absolute Gasteiger partial charge is 0.368 e. The number of hydrogen-bond acceptors (Lipinski definition) is 5. The first-order chi connectivity index (χ1) is 15.4. The number of H-pyrrole nitrogens is 1. The zero-order chi connectivity index (χ0) is 22.3. The SMILES string of the molecule is O=C(N[C@H]1CC[C@@H](Nc2cccc3nc(C(F)(F)F)cn23)CC1)c1ccnc2c[nH]nc12. The van der Waals surface area contributed by atoms with E-state index in [4.69, 9.17) is 0 Å². The second-order valence-corrected chi connectivity index (χ2v) is 7.91. The van der Waals surface area contributed by atoms with E-state index in [0.29, 0.717) is 22.4 Å². The van der Waals surface area contributed by atoms with E-state index < -0.39 is 11.9 Å². The maximum atomic E-state index is 13.0. The van der Waals surface area contributed by atoms with Crippen molar-refractivity contribution in [3.05, 3.63) is 54.1 Å². The number of alkyl halides is 3. The summed E-state index contributed by atoms with van der Waals surface area (Å²) >= 11 is 0. The van der Waals surface area contributed by atoms with Crippen LogP contribution in [0.2, 0.25) is 0 Å². The molecule has 3 N–H and O–H groups in total. The van der Waals surface area contributed by atoms with Crippen molar-refractivity contribution in [2.75, 3.05) is 5.32 Å². The van der Waals surface area contributed by atoms with Crippen molar-refractivity contribution < 1.29 is 18.0 Å². The lowest BCUT2D eigenvalue weighted by atomic mass is 9.91. The van der Waals surface area contributed by atoms with Gasteiger partial charge in [0.05, 0.1) is 5.56 Å². The van der Waals surface area contributed by atoms with Gasteiger partial charge in [-0.15, -0.1) is 0 Å². The number of hydrogen-bond donors (Lipinski definition) is 3. The first kappa shape index (κ1) is 20.3. The van der Waals surface area contributed by atoms with E-state index >= 15 is 0 Å². The van der Waals surface area contributed by atoms with E-state index in [2.05, 4.69) is 30.8 Å². The summed E-state index contributed by atoms with van der Waals surface area (Å²) in [7, 11) is 0. The quantitative estimate of drug-likeness (QED) is 0.446. The van der Waals surface area contributed by atoms with Gasteiger partial charge in [0, 0.05) is 30.7 Å². The van der Waals surface area contributed by atoms with Crippen LogP contribution in [0.3, 0.4) is 0 Å². The van der Waals surface area contributed by atoms with Gasteiger partial charge in [0.15, 0.2) is 5.69 Å². The predicted molar refractivity (Wildman–Crippen MR) is 111 cm³/mol. The van der Waals surface area contributed by atoms with Crippen LogP contribution in [0, 0.1) is 0 Å². The summed E-state index contributed by atoms with van der Waals surface area (Å²) in [6, 6.07) is 6.71. The van der Waals surface area contributed by atoms with E-state index in [0.717, 1.165) is 31.9 Å². The summed E-state index contributed by atoms with van der Waals surface area (Å²) in [5, 5.41) is 13.2. The van der Waals surface area contributed by atoms with Gasteiger partial charge in [-0.3, -0.25) is 19.3 Å². The molecule has 0 aromatic carbocycles. The van der Waals surface area contributed by atoms with Gasteiger partial charge in [0.25, 0.3) is 5.91 Å². The molecule has 0 atom stereocenters. The summed E-state index contributed by atoms with van der Waals surface area (Å²) in [4.78, 5) is 20.6. The average Bonchev–Trinajstić information content (AvgIpc) is 3.42. The number of fused-ring (bicyclic) bond motifs is 2. The Kier molecular flexibility index (Phi) is 4.95. The highest BCUT2D eigenvalue weighted by Crippen LogP contribution is 2.30. The molecule has 0 unspecified atom stereocenters. The maximum Gasteiger partial charge on any atom is 0.434 e. The second kappa shape index (κ2) is 7.81. The van der Waals surface area contributed by atoms with Gasteiger partial charge in [-0.2, -0.15) is 18.3 Å². The molecule has 0 aliphatic heterocycles. The minimum absolute atomic E-state index is 0.0172. The van der Waals surface area contributed by atoms with Crippen LogP contribution in [-0.2, 0) is 6.18 Å². The highest BCUT2D eigenvalue weighted by molar-refractivity contribution is 6.04. The highest BCUT2D eigenvalue weighted by Gasteiger charge is 2.34. The van der Waals surface area contributed by atoms with E-state index in [1.807, 2.05) is 0 Å². The maximum absolute atomic E-state index is 13.0. The van der Waals surface area contributed by atoms with Crippen LogP contribution in [0.4, 0.5) is 19.0 Å². The van der Waals surface area contributed by atoms with Crippen molar-refractivity contribution in [1.29, 1.82) is 0 Å². The summed E-state index contributed by atoms with van der Waals surface area (Å²) in [6.45, 7) is 0. The lowest BCUT2D eigenvalue weighted by Gasteiger charge is -2.30. The van der Waals surface area contributed by atoms with Crippen molar-refractivity contribution in [2.24, 2.45) is 0 Å². The van der Waals surface area contributed by atoms with E-state index in [1.54, 1.807) is 36.7 Å². The Balaban J connectivity index is 1.22. The van der Waals surface area contributed by atoms with Crippen LogP contribution < -0.4 is 10.6 Å². The molecule has 4 aromatic rings. The number of nitrogens with zero attached hydrogens (tertiary/aromatic N) is 4. The number of pyridine rings is 2. The standard InChI is InChI=1S/C21H20F3N7O/c22-21(23,24)16-11-31-17(2-1-3-18(31)29-16)27-12-4-6-13(7-5-12)28-20(32)14-8-9-25-15-10-26-30-19(14)15/h1-3,8-13,27H,4-7H2,(H,26,30)(H,28,32)/t12-,13+. The number of imidazole rings is 1. The Bertz CT molecular complexity index is 1270. The van der Waals surface area contributed by atoms with E-state index in [1.165, 1.54) is 4.40 Å². The Hall–Kier alpha value is -3.63. The summed E-state index contributed by atoms with van der Waals surface area (Å²) < 4.78 is 40.5. The third-order valence-corrected chi connectivity index (χ3v) is 5.77. The van der Waals surface area contributed by atoms with Crippen LogP contribution in [0.15, 0.2) is 42.9 Å². The van der Waals surface area contributed by atoms with Crippen molar-refractivity contribution in [3.63, 3.8) is 0 Å². The first-order valence-corrected chi connectivity index (χ1v) is 10.3. The summed E-state index contributed by atoms with van der Waals surface area (Å²) in [6.07, 6.45) is 2.80. The number of halogens is 3. The van der Waals surface area contributed by atoms with Crippen molar-refractivity contribution >= 4 is 28.4 Å². The fourth-order valence-electron chi connectivity index (χ4n) is 4.15. The molecular formula is C21H20F3N7O. The van der Waals surface area contributed by atoms with Gasteiger partial charge in [0.1, 0.15) is 22.5 Å². The molecule has 0 spiro atoms. The number of aromatic amines is 1. The van der Waals surface area contributed by atoms with E-state index in [-0.39, 0.29) is 23.6 Å². The van der Waals surface area contributed by atoms with Gasteiger partial charge in [0.2, 0.25) is 0 Å². The topological polar surface area (TPSA) is 100 Å². The lowest BCUT2D eigenvalue weighted by molar-refractivity contribution is -0.140. The zero-order valence-corrected chi connectivity index (χ0v) is 16.9. The van der Waals surface area contributed by atoms with Crippen LogP contribution in [0.1, 0.15) is 41.7 Å². The van der Waals surface area contributed by atoms with Gasteiger partial charge in [-0.05, 0) is 43.9 Å². The van der Waals surface area contributed by atoms with Crippen LogP contribution >= 0.6 is 0 Å². The Morgan fingerprint density at radius 1 is 1.12 bits per heavy atom. The molecule has 4 aromatic heterocycles. The number of carbonyl (C=O) groups is 1. The van der Waals surface area contributed by atoms with Gasteiger partial charge in [-0.25, -0.2) is 4.98 Å². The molecule has 8 nitrogen and oxygen atoms in total. The van der Waals surface area contributed by atoms with E-state index in [9.17, 15) is 18.0 Å². The third kappa shape index (κ3) is 3.85. The lowest BCUT2D eigenvalue weighted by Crippen LogP contribution is -2.40. The molecular weight excluding hydrogens is 423 g/mol. The molecule has 0 bridgehead atoms. The minimum atomic E-state index is -4.49. The predicted octanol–water partition coefficient (Wildman–Crippen LogP) is 3.78. The molecule has 1 aliphatic carbocycles. The number of aromatic nitrogens is 5. The second-order valence-electron chi connectivity index (χ2n) is 7.91. The number of amides is 1. The van der Waals surface area contributed by atoms with Crippen molar-refractivity contribution in [3.8, 4) is 0 Å². The van der Waals surface area contributed by atoms with Gasteiger partial charge < -0.3 is 10.6 Å². The Morgan fingerprint density at radius 3 is 2.69 bits per heavy atom. The monoisotopic (exact) mass is 443 g/mol. The summed E-state index contributed by atoms with van der Waals surface area (Å²) in [5.74, 6) is 0.375. The summed E-state index contributed by atoms with van der Waals surface area (Å²) in [5.41, 5.74) is 0.967. The number of rotatable bonds is 4.